The number of carbonyl (C=O) groups is 2. The molecule has 0 unspecified atom stereocenters. The third-order valence-electron chi connectivity index (χ3n) is 4.10. The van der Waals surface area contributed by atoms with Crippen molar-refractivity contribution in [1.29, 1.82) is 0 Å². The second kappa shape index (κ2) is 9.25. The lowest BCUT2D eigenvalue weighted by Crippen LogP contribution is -2.34. The molecule has 2 aromatic carbocycles. The van der Waals surface area contributed by atoms with E-state index in [0.717, 1.165) is 6.07 Å². The van der Waals surface area contributed by atoms with Crippen LogP contribution in [0.4, 0.5) is 0 Å². The summed E-state index contributed by atoms with van der Waals surface area (Å²) >= 11 is 5.81. The summed E-state index contributed by atoms with van der Waals surface area (Å²) in [5.74, 6) is -0.920. The van der Waals surface area contributed by atoms with Crippen molar-refractivity contribution in [3.8, 4) is 5.75 Å². The number of likely N-dealkylation sites (N-methyl/N-ethyl adjacent to an activating group) is 1. The molecule has 150 valence electrons. The first-order valence-corrected chi connectivity index (χ1v) is 9.14. The molecular weight excluding hydrogens is 398 g/mol. The van der Waals surface area contributed by atoms with E-state index in [1.165, 1.54) is 4.90 Å². The van der Waals surface area contributed by atoms with E-state index >= 15 is 0 Å². The van der Waals surface area contributed by atoms with Gasteiger partial charge in [-0.15, -0.1) is 0 Å². The number of carbonyl (C=O) groups excluding carboxylic acids is 2. The highest BCUT2D eigenvalue weighted by molar-refractivity contribution is 6.30. The first-order chi connectivity index (χ1) is 13.9. The molecule has 0 aliphatic carbocycles. The van der Waals surface area contributed by atoms with Gasteiger partial charge in [0.1, 0.15) is 17.9 Å². The fourth-order valence-electron chi connectivity index (χ4n) is 2.47. The Hall–Kier alpha value is -3.32. The van der Waals surface area contributed by atoms with Crippen LogP contribution >= 0.6 is 11.6 Å². The van der Waals surface area contributed by atoms with Crippen LogP contribution in [-0.2, 0) is 9.53 Å². The van der Waals surface area contributed by atoms with Crippen molar-refractivity contribution >= 4 is 34.4 Å². The fourth-order valence-corrected chi connectivity index (χ4v) is 2.60. The van der Waals surface area contributed by atoms with Crippen LogP contribution in [-0.4, -0.2) is 43.6 Å². The minimum atomic E-state index is -0.882. The lowest BCUT2D eigenvalue weighted by atomic mass is 10.2. The molecule has 29 heavy (non-hydrogen) atoms. The molecule has 3 rings (SSSR count). The van der Waals surface area contributed by atoms with Gasteiger partial charge in [0.2, 0.25) is 5.76 Å². The molecule has 0 aliphatic heterocycles. The molecule has 0 saturated heterocycles. The van der Waals surface area contributed by atoms with Gasteiger partial charge in [-0.05, 0) is 36.4 Å². The molecule has 0 spiro atoms. The summed E-state index contributed by atoms with van der Waals surface area (Å²) in [6, 6.07) is 14.5. The van der Waals surface area contributed by atoms with E-state index in [4.69, 9.17) is 25.5 Å². The van der Waals surface area contributed by atoms with E-state index in [2.05, 4.69) is 0 Å². The zero-order valence-electron chi connectivity index (χ0n) is 15.6. The van der Waals surface area contributed by atoms with Crippen molar-refractivity contribution in [1.82, 2.24) is 4.90 Å². The van der Waals surface area contributed by atoms with Crippen LogP contribution in [0, 0.1) is 0 Å². The van der Waals surface area contributed by atoms with E-state index in [9.17, 15) is 14.4 Å². The number of amides is 1. The number of hydrogen-bond donors (Lipinski definition) is 0. The van der Waals surface area contributed by atoms with Crippen molar-refractivity contribution in [2.45, 2.75) is 0 Å². The quantitative estimate of drug-likeness (QED) is 0.551. The van der Waals surface area contributed by atoms with Crippen LogP contribution < -0.4 is 10.2 Å². The zero-order valence-corrected chi connectivity index (χ0v) is 16.3. The number of rotatable bonds is 7. The molecular formula is C21H18ClNO6. The van der Waals surface area contributed by atoms with Crippen molar-refractivity contribution < 1.29 is 23.5 Å². The van der Waals surface area contributed by atoms with E-state index in [-0.39, 0.29) is 23.4 Å². The minimum Gasteiger partial charge on any atom is -0.492 e. The van der Waals surface area contributed by atoms with Gasteiger partial charge in [-0.25, -0.2) is 4.79 Å². The molecule has 0 bridgehead atoms. The summed E-state index contributed by atoms with van der Waals surface area (Å²) < 4.78 is 15.9. The van der Waals surface area contributed by atoms with Gasteiger partial charge in [0.25, 0.3) is 5.91 Å². The average molecular weight is 416 g/mol. The highest BCUT2D eigenvalue weighted by atomic mass is 35.5. The first kappa shape index (κ1) is 20.4. The number of fused-ring (bicyclic) bond motifs is 1. The molecule has 1 amide bonds. The first-order valence-electron chi connectivity index (χ1n) is 8.76. The standard InChI is InChI=1S/C21H18ClNO6/c1-23(10-11-27-15-8-6-14(22)7-9-15)20(25)13-28-21(26)19-12-17(24)16-4-2-3-5-18(16)29-19/h2-9,12H,10-11,13H2,1H3. The van der Waals surface area contributed by atoms with Crippen molar-refractivity contribution in [3.05, 3.63) is 75.6 Å². The number of ether oxygens (including phenoxy) is 2. The Morgan fingerprint density at radius 2 is 1.83 bits per heavy atom. The maximum Gasteiger partial charge on any atom is 0.374 e. The molecule has 0 N–H and O–H groups in total. The van der Waals surface area contributed by atoms with E-state index < -0.39 is 18.5 Å². The van der Waals surface area contributed by atoms with Crippen molar-refractivity contribution in [3.63, 3.8) is 0 Å². The highest BCUT2D eigenvalue weighted by Crippen LogP contribution is 2.15. The summed E-state index contributed by atoms with van der Waals surface area (Å²) in [5.41, 5.74) is -0.0867. The monoisotopic (exact) mass is 415 g/mol. The number of halogens is 1. The van der Waals surface area contributed by atoms with Gasteiger partial charge in [-0.3, -0.25) is 9.59 Å². The Morgan fingerprint density at radius 3 is 2.59 bits per heavy atom. The topological polar surface area (TPSA) is 86.0 Å². The summed E-state index contributed by atoms with van der Waals surface area (Å²) in [4.78, 5) is 37.7. The molecule has 1 aromatic heterocycles. The van der Waals surface area contributed by atoms with Crippen LogP contribution in [0.25, 0.3) is 11.0 Å². The van der Waals surface area contributed by atoms with Gasteiger partial charge in [0, 0.05) is 18.1 Å². The molecule has 7 nitrogen and oxygen atoms in total. The molecule has 0 aliphatic rings. The summed E-state index contributed by atoms with van der Waals surface area (Å²) in [7, 11) is 1.57. The Balaban J connectivity index is 1.49. The van der Waals surface area contributed by atoms with Crippen molar-refractivity contribution in [2.75, 3.05) is 26.8 Å². The fraction of sp³-hybridized carbons (Fsp3) is 0.190. The molecule has 3 aromatic rings. The van der Waals surface area contributed by atoms with Gasteiger partial charge < -0.3 is 18.8 Å². The maximum atomic E-state index is 12.1. The van der Waals surface area contributed by atoms with E-state index in [0.29, 0.717) is 22.7 Å². The summed E-state index contributed by atoms with van der Waals surface area (Å²) in [6.07, 6.45) is 0. The average Bonchev–Trinajstić information content (AvgIpc) is 2.73. The number of esters is 1. The molecule has 1 heterocycles. The largest absolute Gasteiger partial charge is 0.492 e. The van der Waals surface area contributed by atoms with E-state index in [1.54, 1.807) is 55.6 Å². The molecule has 0 saturated carbocycles. The minimum absolute atomic E-state index is 0.254. The van der Waals surface area contributed by atoms with Gasteiger partial charge in [0.15, 0.2) is 12.0 Å². The highest BCUT2D eigenvalue weighted by Gasteiger charge is 2.17. The maximum absolute atomic E-state index is 12.1. The Morgan fingerprint density at radius 1 is 1.10 bits per heavy atom. The second-order valence-electron chi connectivity index (χ2n) is 6.16. The SMILES string of the molecule is CN(CCOc1ccc(Cl)cc1)C(=O)COC(=O)c1cc(=O)c2ccccc2o1. The van der Waals surface area contributed by atoms with Crippen LogP contribution in [0.1, 0.15) is 10.6 Å². The van der Waals surface area contributed by atoms with Gasteiger partial charge in [0.05, 0.1) is 11.9 Å². The smallest absolute Gasteiger partial charge is 0.374 e. The Labute approximate surface area is 171 Å². The molecule has 0 atom stereocenters. The predicted molar refractivity (Wildman–Crippen MR) is 107 cm³/mol. The van der Waals surface area contributed by atoms with Crippen LogP contribution in [0.15, 0.2) is 63.8 Å². The number of nitrogens with zero attached hydrogens (tertiary/aromatic N) is 1. The lowest BCUT2D eigenvalue weighted by molar-refractivity contribution is -0.133. The number of para-hydroxylation sites is 1. The molecule has 0 radical (unpaired) electrons. The Kier molecular flexibility index (Phi) is 6.51. The van der Waals surface area contributed by atoms with Crippen LogP contribution in [0.2, 0.25) is 5.02 Å². The van der Waals surface area contributed by atoms with Crippen LogP contribution in [0.3, 0.4) is 0 Å². The normalized spacial score (nSPS) is 10.6. The van der Waals surface area contributed by atoms with Gasteiger partial charge in [-0.1, -0.05) is 23.7 Å². The van der Waals surface area contributed by atoms with Crippen molar-refractivity contribution in [2.24, 2.45) is 0 Å². The second-order valence-corrected chi connectivity index (χ2v) is 6.60. The number of benzene rings is 2. The third kappa shape index (κ3) is 5.36. The Bertz CT molecular complexity index is 1080. The molecule has 8 heteroatoms. The lowest BCUT2D eigenvalue weighted by Gasteiger charge is -2.17. The summed E-state index contributed by atoms with van der Waals surface area (Å²) in [5, 5.41) is 0.967. The third-order valence-corrected chi connectivity index (χ3v) is 4.35. The zero-order chi connectivity index (χ0) is 20.8. The summed E-state index contributed by atoms with van der Waals surface area (Å²) in [6.45, 7) is 0.0776. The predicted octanol–water partition coefficient (Wildman–Crippen LogP) is 3.14. The number of hydrogen-bond acceptors (Lipinski definition) is 6. The molecule has 0 fully saturated rings. The van der Waals surface area contributed by atoms with Crippen LogP contribution in [0.5, 0.6) is 5.75 Å². The van der Waals surface area contributed by atoms with Gasteiger partial charge >= 0.3 is 5.97 Å². The van der Waals surface area contributed by atoms with E-state index in [1.807, 2.05) is 0 Å². The van der Waals surface area contributed by atoms with Gasteiger partial charge in [-0.2, -0.15) is 0 Å².